The molecule has 6 nitrogen and oxygen atoms in total. The Bertz CT molecular complexity index is 1070. The smallest absolute Gasteiger partial charge is 0.262 e. The van der Waals surface area contributed by atoms with E-state index in [0.29, 0.717) is 21.3 Å². The number of nitrogen functional groups attached to an aromatic ring is 1. The Hall–Kier alpha value is -2.84. The van der Waals surface area contributed by atoms with Gasteiger partial charge < -0.3 is 20.8 Å². The first-order chi connectivity index (χ1) is 12.8. The minimum atomic E-state index is -0.459. The van der Waals surface area contributed by atoms with E-state index in [-0.39, 0.29) is 22.9 Å². The zero-order chi connectivity index (χ0) is 19.6. The number of hydrogen-bond acceptors (Lipinski definition) is 6. The van der Waals surface area contributed by atoms with Gasteiger partial charge in [-0.05, 0) is 61.3 Å². The van der Waals surface area contributed by atoms with Crippen LogP contribution in [0.1, 0.15) is 12.5 Å². The van der Waals surface area contributed by atoms with Crippen molar-refractivity contribution in [3.63, 3.8) is 0 Å². The summed E-state index contributed by atoms with van der Waals surface area (Å²) in [5.74, 6) is -0.0506. The van der Waals surface area contributed by atoms with Crippen molar-refractivity contribution in [2.75, 3.05) is 10.5 Å². The summed E-state index contributed by atoms with van der Waals surface area (Å²) < 4.78 is 16.8. The van der Waals surface area contributed by atoms with E-state index in [2.05, 4.69) is 14.7 Å². The van der Waals surface area contributed by atoms with E-state index < -0.39 is 5.56 Å². The number of anilines is 2. The first kappa shape index (κ1) is 18.9. The lowest BCUT2D eigenvalue weighted by atomic mass is 10.1. The third-order valence-electron chi connectivity index (χ3n) is 3.65. The van der Waals surface area contributed by atoms with Gasteiger partial charge in [-0.1, -0.05) is 11.6 Å². The van der Waals surface area contributed by atoms with Crippen molar-refractivity contribution in [2.45, 2.75) is 11.8 Å². The Morgan fingerprint density at radius 2 is 2.00 bits per heavy atom. The summed E-state index contributed by atoms with van der Waals surface area (Å²) in [6, 6.07) is 11.3. The van der Waals surface area contributed by atoms with Crippen LogP contribution in [0.15, 0.2) is 52.2 Å². The third-order valence-corrected chi connectivity index (χ3v) is 4.76. The van der Waals surface area contributed by atoms with Gasteiger partial charge in [-0.2, -0.15) is 0 Å². The lowest BCUT2D eigenvalue weighted by Crippen LogP contribution is -2.21. The molecule has 0 aliphatic rings. The topological polar surface area (TPSA) is 108 Å². The molecule has 0 saturated heterocycles. The Morgan fingerprint density at radius 3 is 2.63 bits per heavy atom. The van der Waals surface area contributed by atoms with Gasteiger partial charge in [0.1, 0.15) is 23.0 Å². The number of rotatable bonds is 5. The summed E-state index contributed by atoms with van der Waals surface area (Å²) in [4.78, 5) is 19.3. The highest BCUT2D eigenvalue weighted by atomic mass is 35.5. The summed E-state index contributed by atoms with van der Waals surface area (Å²) in [7, 11) is 0. The summed E-state index contributed by atoms with van der Waals surface area (Å²) >= 11 is 6.98. The Balaban J connectivity index is 1.79. The van der Waals surface area contributed by atoms with Crippen molar-refractivity contribution >= 4 is 40.8 Å². The van der Waals surface area contributed by atoms with Crippen LogP contribution in [0, 0.1) is 11.2 Å². The van der Waals surface area contributed by atoms with E-state index >= 15 is 0 Å². The fourth-order valence-corrected chi connectivity index (χ4v) is 3.31. The molecule has 0 radical (unpaired) electrons. The lowest BCUT2D eigenvalue weighted by Gasteiger charge is -2.09. The van der Waals surface area contributed by atoms with Crippen molar-refractivity contribution in [3.05, 3.63) is 69.2 Å². The van der Waals surface area contributed by atoms with Crippen molar-refractivity contribution in [2.24, 2.45) is 0 Å². The van der Waals surface area contributed by atoms with Gasteiger partial charge in [-0.3, -0.25) is 4.79 Å². The normalized spacial score (nSPS) is 10.6. The van der Waals surface area contributed by atoms with E-state index in [1.54, 1.807) is 24.3 Å². The Labute approximate surface area is 163 Å². The standard InChI is InChI=1S/C18H15ClFN5OS/c1-9(21)15-16(22)23-17(24-18(15)26)10-2-5-12(6-3-10)25-27-14-8-11(19)4-7-13(14)20/h2-8,21,25H,1H3,(H3,22,23,24,26). The molecule has 0 saturated carbocycles. The quantitative estimate of drug-likeness (QED) is 0.375. The molecule has 27 heavy (non-hydrogen) atoms. The molecule has 3 rings (SSSR count). The monoisotopic (exact) mass is 403 g/mol. The average molecular weight is 404 g/mol. The van der Waals surface area contributed by atoms with Gasteiger partial charge in [0.05, 0.1) is 4.90 Å². The van der Waals surface area contributed by atoms with Crippen LogP contribution in [-0.4, -0.2) is 15.7 Å². The van der Waals surface area contributed by atoms with Gasteiger partial charge in [-0.15, -0.1) is 0 Å². The number of nitrogens with zero attached hydrogens (tertiary/aromatic N) is 1. The fourth-order valence-electron chi connectivity index (χ4n) is 2.36. The van der Waals surface area contributed by atoms with Crippen LogP contribution in [0.3, 0.4) is 0 Å². The minimum absolute atomic E-state index is 0.00967. The van der Waals surface area contributed by atoms with E-state index in [1.165, 1.54) is 25.1 Å². The minimum Gasteiger partial charge on any atom is -0.383 e. The first-order valence-corrected chi connectivity index (χ1v) is 8.98. The molecule has 1 aromatic heterocycles. The second-order valence-electron chi connectivity index (χ2n) is 5.66. The van der Waals surface area contributed by atoms with E-state index in [4.69, 9.17) is 22.7 Å². The van der Waals surface area contributed by atoms with Crippen LogP contribution >= 0.6 is 23.5 Å². The second-order valence-corrected chi connectivity index (χ2v) is 6.94. The number of aromatic amines is 1. The van der Waals surface area contributed by atoms with Gasteiger partial charge in [0.25, 0.3) is 5.56 Å². The molecule has 0 aliphatic heterocycles. The summed E-state index contributed by atoms with van der Waals surface area (Å²) in [6.07, 6.45) is 0. The average Bonchev–Trinajstić information content (AvgIpc) is 2.62. The molecule has 2 aromatic carbocycles. The first-order valence-electron chi connectivity index (χ1n) is 7.79. The van der Waals surface area contributed by atoms with Crippen LogP contribution in [0.4, 0.5) is 15.9 Å². The summed E-state index contributed by atoms with van der Waals surface area (Å²) in [6.45, 7) is 1.48. The fraction of sp³-hybridized carbons (Fsp3) is 0.0556. The highest BCUT2D eigenvalue weighted by Crippen LogP contribution is 2.27. The number of nitrogens with one attached hydrogen (secondary N) is 3. The molecule has 0 fully saturated rings. The predicted octanol–water partition coefficient (Wildman–Crippen LogP) is 4.32. The predicted molar refractivity (Wildman–Crippen MR) is 108 cm³/mol. The highest BCUT2D eigenvalue weighted by Gasteiger charge is 2.12. The molecular weight excluding hydrogens is 389 g/mol. The van der Waals surface area contributed by atoms with Crippen molar-refractivity contribution in [1.82, 2.24) is 9.97 Å². The maximum Gasteiger partial charge on any atom is 0.262 e. The molecule has 3 aromatic rings. The van der Waals surface area contributed by atoms with Crippen LogP contribution in [-0.2, 0) is 0 Å². The van der Waals surface area contributed by atoms with Crippen LogP contribution < -0.4 is 16.0 Å². The maximum atomic E-state index is 13.7. The number of hydrogen-bond donors (Lipinski definition) is 4. The summed E-state index contributed by atoms with van der Waals surface area (Å²) in [5, 5.41) is 8.03. The van der Waals surface area contributed by atoms with E-state index in [1.807, 2.05) is 0 Å². The molecule has 138 valence electrons. The number of benzene rings is 2. The molecule has 0 spiro atoms. The van der Waals surface area contributed by atoms with Crippen molar-refractivity contribution in [3.8, 4) is 11.4 Å². The zero-order valence-corrected chi connectivity index (χ0v) is 15.7. The van der Waals surface area contributed by atoms with Crippen LogP contribution in [0.25, 0.3) is 11.4 Å². The Morgan fingerprint density at radius 1 is 1.30 bits per heavy atom. The lowest BCUT2D eigenvalue weighted by molar-refractivity contribution is 0.602. The summed E-state index contributed by atoms with van der Waals surface area (Å²) in [5.41, 5.74) is 6.83. The van der Waals surface area contributed by atoms with Gasteiger partial charge in [0.2, 0.25) is 0 Å². The van der Waals surface area contributed by atoms with Gasteiger partial charge in [-0.25, -0.2) is 9.37 Å². The van der Waals surface area contributed by atoms with Gasteiger partial charge in [0, 0.05) is 22.0 Å². The number of halogens is 2. The highest BCUT2D eigenvalue weighted by molar-refractivity contribution is 8.00. The largest absolute Gasteiger partial charge is 0.383 e. The molecule has 0 bridgehead atoms. The Kier molecular flexibility index (Phi) is 5.48. The molecule has 0 atom stereocenters. The molecule has 1 heterocycles. The zero-order valence-electron chi connectivity index (χ0n) is 14.1. The molecular formula is C18H15ClFN5OS. The molecule has 9 heteroatoms. The molecule has 0 unspecified atom stereocenters. The van der Waals surface area contributed by atoms with E-state index in [0.717, 1.165) is 17.6 Å². The molecule has 0 amide bonds. The number of aromatic nitrogens is 2. The number of nitrogens with two attached hydrogens (primary N) is 1. The van der Waals surface area contributed by atoms with Gasteiger partial charge >= 0.3 is 0 Å². The maximum absolute atomic E-state index is 13.7. The van der Waals surface area contributed by atoms with Crippen LogP contribution in [0.5, 0.6) is 0 Å². The van der Waals surface area contributed by atoms with E-state index in [9.17, 15) is 9.18 Å². The number of H-pyrrole nitrogens is 1. The van der Waals surface area contributed by atoms with Crippen LogP contribution in [0.2, 0.25) is 5.02 Å². The molecule has 0 aliphatic carbocycles. The second kappa shape index (κ2) is 7.81. The SMILES string of the molecule is CC(=N)c1c(N)nc(-c2ccc(NSc3cc(Cl)ccc3F)cc2)[nH]c1=O. The molecule has 5 N–H and O–H groups in total. The van der Waals surface area contributed by atoms with Crippen molar-refractivity contribution in [1.29, 1.82) is 5.41 Å². The van der Waals surface area contributed by atoms with Crippen molar-refractivity contribution < 1.29 is 4.39 Å². The van der Waals surface area contributed by atoms with Gasteiger partial charge in [0.15, 0.2) is 0 Å². The third kappa shape index (κ3) is 4.29.